The van der Waals surface area contributed by atoms with Gasteiger partial charge in [0.2, 0.25) is 0 Å². The van der Waals surface area contributed by atoms with Gasteiger partial charge in [0.05, 0.1) is 6.61 Å². The van der Waals surface area contributed by atoms with Gasteiger partial charge in [-0.15, -0.1) is 0 Å². The molecule has 0 amide bonds. The summed E-state index contributed by atoms with van der Waals surface area (Å²) in [7, 11) is 0. The number of ether oxygens (including phenoxy) is 1. The monoisotopic (exact) mass is 222 g/mol. The topological polar surface area (TPSA) is 29.5 Å². The van der Waals surface area contributed by atoms with Crippen molar-refractivity contribution in [1.29, 1.82) is 0 Å². The lowest BCUT2D eigenvalue weighted by atomic mass is 10.2. The SMILES string of the molecule is C/C=C\CC.Cc1ccc(OCCO)cc1. The van der Waals surface area contributed by atoms with Gasteiger partial charge in [0, 0.05) is 0 Å². The summed E-state index contributed by atoms with van der Waals surface area (Å²) >= 11 is 0. The molecule has 0 unspecified atom stereocenters. The molecule has 0 atom stereocenters. The van der Waals surface area contributed by atoms with Gasteiger partial charge in [0.15, 0.2) is 0 Å². The van der Waals surface area contributed by atoms with E-state index in [1.807, 2.05) is 38.1 Å². The third kappa shape index (κ3) is 8.06. The van der Waals surface area contributed by atoms with Crippen LogP contribution in [0.15, 0.2) is 36.4 Å². The molecular weight excluding hydrogens is 200 g/mol. The lowest BCUT2D eigenvalue weighted by molar-refractivity contribution is 0.201. The minimum absolute atomic E-state index is 0.0634. The van der Waals surface area contributed by atoms with Crippen LogP contribution in [0.4, 0.5) is 0 Å². The molecule has 1 aromatic carbocycles. The van der Waals surface area contributed by atoms with E-state index in [0.29, 0.717) is 6.61 Å². The first-order valence-electron chi connectivity index (χ1n) is 5.66. The first-order valence-corrected chi connectivity index (χ1v) is 5.66. The molecule has 1 aromatic rings. The molecule has 2 nitrogen and oxygen atoms in total. The molecule has 0 aliphatic carbocycles. The molecule has 1 rings (SSSR count). The van der Waals surface area contributed by atoms with Gasteiger partial charge in [-0.25, -0.2) is 0 Å². The van der Waals surface area contributed by atoms with Crippen LogP contribution in [-0.2, 0) is 0 Å². The maximum absolute atomic E-state index is 8.46. The molecule has 0 saturated carbocycles. The third-order valence-electron chi connectivity index (χ3n) is 1.85. The number of allylic oxidation sites excluding steroid dienone is 2. The van der Waals surface area contributed by atoms with Gasteiger partial charge < -0.3 is 9.84 Å². The van der Waals surface area contributed by atoms with Crippen LogP contribution in [0, 0.1) is 6.92 Å². The highest BCUT2D eigenvalue weighted by atomic mass is 16.5. The highest BCUT2D eigenvalue weighted by Gasteiger charge is 1.90. The van der Waals surface area contributed by atoms with Crippen molar-refractivity contribution in [1.82, 2.24) is 0 Å². The van der Waals surface area contributed by atoms with E-state index in [0.717, 1.165) is 12.2 Å². The molecule has 0 radical (unpaired) electrons. The van der Waals surface area contributed by atoms with E-state index < -0.39 is 0 Å². The summed E-state index contributed by atoms with van der Waals surface area (Å²) in [5.41, 5.74) is 1.21. The standard InChI is InChI=1S/C9H12O2.C5H10/c1-8-2-4-9(5-3-8)11-7-6-10;1-3-5-4-2/h2-5,10H,6-7H2,1H3;3,5H,4H2,1-2H3/b;5-3-. The van der Waals surface area contributed by atoms with Gasteiger partial charge in [-0.3, -0.25) is 0 Å². The van der Waals surface area contributed by atoms with E-state index in [9.17, 15) is 0 Å². The van der Waals surface area contributed by atoms with Crippen molar-refractivity contribution in [2.24, 2.45) is 0 Å². The van der Waals surface area contributed by atoms with E-state index in [4.69, 9.17) is 9.84 Å². The summed E-state index contributed by atoms with van der Waals surface area (Å²) in [4.78, 5) is 0. The van der Waals surface area contributed by atoms with Crippen LogP contribution in [0.5, 0.6) is 5.75 Å². The Hall–Kier alpha value is -1.28. The Balaban J connectivity index is 0.000000385. The number of aliphatic hydroxyl groups excluding tert-OH is 1. The van der Waals surface area contributed by atoms with Crippen molar-refractivity contribution in [3.63, 3.8) is 0 Å². The molecule has 1 N–H and O–H groups in total. The average Bonchev–Trinajstić information content (AvgIpc) is 2.30. The molecule has 0 spiro atoms. The lowest BCUT2D eigenvalue weighted by Gasteiger charge is -2.02. The van der Waals surface area contributed by atoms with E-state index in [1.165, 1.54) is 5.56 Å². The Bertz CT molecular complexity index is 275. The molecule has 0 bridgehead atoms. The zero-order chi connectivity index (χ0) is 12.2. The zero-order valence-corrected chi connectivity index (χ0v) is 10.4. The van der Waals surface area contributed by atoms with Gasteiger partial charge in [0.25, 0.3) is 0 Å². The number of aliphatic hydroxyl groups is 1. The van der Waals surface area contributed by atoms with Crippen LogP contribution in [-0.4, -0.2) is 18.3 Å². The summed E-state index contributed by atoms with van der Waals surface area (Å²) < 4.78 is 5.16. The summed E-state index contributed by atoms with van der Waals surface area (Å²) in [5, 5.41) is 8.46. The number of hydrogen-bond donors (Lipinski definition) is 1. The second-order valence-corrected chi connectivity index (χ2v) is 3.36. The molecule has 0 fully saturated rings. The van der Waals surface area contributed by atoms with Gasteiger partial charge in [-0.2, -0.15) is 0 Å². The fraction of sp³-hybridized carbons (Fsp3) is 0.429. The molecule has 0 aromatic heterocycles. The van der Waals surface area contributed by atoms with Crippen LogP contribution in [0.2, 0.25) is 0 Å². The summed E-state index contributed by atoms with van der Waals surface area (Å²) in [6.07, 6.45) is 5.34. The Labute approximate surface area is 98.6 Å². The fourth-order valence-corrected chi connectivity index (χ4v) is 1.03. The van der Waals surface area contributed by atoms with Gasteiger partial charge in [-0.1, -0.05) is 36.8 Å². The van der Waals surface area contributed by atoms with Crippen molar-refractivity contribution in [2.45, 2.75) is 27.2 Å². The second kappa shape index (κ2) is 10.2. The average molecular weight is 222 g/mol. The maximum Gasteiger partial charge on any atom is 0.119 e. The van der Waals surface area contributed by atoms with Crippen LogP contribution >= 0.6 is 0 Å². The van der Waals surface area contributed by atoms with E-state index >= 15 is 0 Å². The first kappa shape index (κ1) is 14.7. The predicted octanol–water partition coefficient (Wildman–Crippen LogP) is 3.34. The van der Waals surface area contributed by atoms with E-state index in [2.05, 4.69) is 19.1 Å². The fourth-order valence-electron chi connectivity index (χ4n) is 1.03. The smallest absolute Gasteiger partial charge is 0.119 e. The van der Waals surface area contributed by atoms with Gasteiger partial charge in [-0.05, 0) is 32.4 Å². The quantitative estimate of drug-likeness (QED) is 0.792. The molecule has 2 heteroatoms. The second-order valence-electron chi connectivity index (χ2n) is 3.36. The molecule has 0 saturated heterocycles. The van der Waals surface area contributed by atoms with E-state index in [-0.39, 0.29) is 6.61 Å². The number of rotatable bonds is 4. The number of benzene rings is 1. The third-order valence-corrected chi connectivity index (χ3v) is 1.85. The van der Waals surface area contributed by atoms with Crippen molar-refractivity contribution in [3.05, 3.63) is 42.0 Å². The van der Waals surface area contributed by atoms with Crippen LogP contribution in [0.25, 0.3) is 0 Å². The molecule has 0 aliphatic heterocycles. The molecule has 0 heterocycles. The van der Waals surface area contributed by atoms with Crippen molar-refractivity contribution in [2.75, 3.05) is 13.2 Å². The van der Waals surface area contributed by atoms with Crippen LogP contribution < -0.4 is 4.74 Å². The minimum atomic E-state index is 0.0634. The Morgan fingerprint density at radius 2 is 1.88 bits per heavy atom. The number of aryl methyl sites for hydroxylation is 1. The molecule has 90 valence electrons. The highest BCUT2D eigenvalue weighted by molar-refractivity contribution is 5.26. The molecule has 0 aliphatic rings. The van der Waals surface area contributed by atoms with Crippen molar-refractivity contribution in [3.8, 4) is 5.75 Å². The number of hydrogen-bond acceptors (Lipinski definition) is 2. The Morgan fingerprint density at radius 3 is 2.25 bits per heavy atom. The maximum atomic E-state index is 8.46. The highest BCUT2D eigenvalue weighted by Crippen LogP contribution is 2.10. The predicted molar refractivity (Wildman–Crippen MR) is 68.9 cm³/mol. The summed E-state index contributed by atoms with van der Waals surface area (Å²) in [6.45, 7) is 6.61. The minimum Gasteiger partial charge on any atom is -0.491 e. The first-order chi connectivity index (χ1) is 7.74. The Kier molecular flexibility index (Phi) is 9.43. The summed E-state index contributed by atoms with van der Waals surface area (Å²) in [6, 6.07) is 7.75. The Morgan fingerprint density at radius 1 is 1.25 bits per heavy atom. The largest absolute Gasteiger partial charge is 0.491 e. The van der Waals surface area contributed by atoms with E-state index in [1.54, 1.807) is 0 Å². The molecular formula is C14H22O2. The van der Waals surface area contributed by atoms with Crippen LogP contribution in [0.3, 0.4) is 0 Å². The van der Waals surface area contributed by atoms with Crippen molar-refractivity contribution >= 4 is 0 Å². The zero-order valence-electron chi connectivity index (χ0n) is 10.4. The lowest BCUT2D eigenvalue weighted by Crippen LogP contribution is -2.01. The van der Waals surface area contributed by atoms with Crippen LogP contribution in [0.1, 0.15) is 25.8 Å². The normalized spacial score (nSPS) is 9.75. The van der Waals surface area contributed by atoms with Crippen molar-refractivity contribution < 1.29 is 9.84 Å². The van der Waals surface area contributed by atoms with Gasteiger partial charge >= 0.3 is 0 Å². The van der Waals surface area contributed by atoms with Gasteiger partial charge in [0.1, 0.15) is 12.4 Å². The summed E-state index contributed by atoms with van der Waals surface area (Å²) in [5.74, 6) is 0.810. The molecule has 16 heavy (non-hydrogen) atoms.